The van der Waals surface area contributed by atoms with Crippen LogP contribution in [0.15, 0.2) is 59.8 Å². The number of ether oxygens (including phenoxy) is 2. The van der Waals surface area contributed by atoms with Crippen LogP contribution in [0.25, 0.3) is 6.08 Å². The molecule has 3 rings (SSSR count). The molecule has 9 nitrogen and oxygen atoms in total. The number of benzene rings is 1. The van der Waals surface area contributed by atoms with Gasteiger partial charge in [-0.3, -0.25) is 29.1 Å². The first kappa shape index (κ1) is 23.0. The lowest BCUT2D eigenvalue weighted by Crippen LogP contribution is -2.38. The summed E-state index contributed by atoms with van der Waals surface area (Å²) in [5, 5.41) is 2.11. The summed E-state index contributed by atoms with van der Waals surface area (Å²) < 4.78 is 10.3. The Hall–Kier alpha value is -3.66. The van der Waals surface area contributed by atoms with Crippen molar-refractivity contribution in [1.82, 2.24) is 15.2 Å². The molecule has 1 aliphatic heterocycles. The third kappa shape index (κ3) is 6.95. The minimum Gasteiger partial charge on any atom is -0.493 e. The van der Waals surface area contributed by atoms with Crippen LogP contribution < -0.4 is 10.1 Å². The van der Waals surface area contributed by atoms with Gasteiger partial charge in [0, 0.05) is 25.5 Å². The molecule has 32 heavy (non-hydrogen) atoms. The number of pyridine rings is 1. The highest BCUT2D eigenvalue weighted by atomic mass is 32.2. The zero-order chi connectivity index (χ0) is 22.8. The summed E-state index contributed by atoms with van der Waals surface area (Å²) >= 11 is 0.832. The number of hydrogen-bond acceptors (Lipinski definition) is 8. The fraction of sp³-hybridized carbons (Fsp3) is 0.227. The van der Waals surface area contributed by atoms with Crippen molar-refractivity contribution in [2.75, 3.05) is 26.3 Å². The lowest BCUT2D eigenvalue weighted by atomic mass is 10.2. The van der Waals surface area contributed by atoms with Crippen LogP contribution in [-0.4, -0.2) is 59.2 Å². The molecule has 1 N–H and O–H groups in total. The molecule has 1 aliphatic rings. The average Bonchev–Trinajstić information content (AvgIpc) is 3.06. The molecule has 0 bridgehead atoms. The number of esters is 1. The molecule has 1 fully saturated rings. The van der Waals surface area contributed by atoms with E-state index in [4.69, 9.17) is 9.47 Å². The molecule has 166 valence electrons. The summed E-state index contributed by atoms with van der Waals surface area (Å²) in [4.78, 5) is 53.4. The minimum absolute atomic E-state index is 0.00221. The molecule has 1 aromatic carbocycles. The summed E-state index contributed by atoms with van der Waals surface area (Å²) in [5.74, 6) is -0.883. The lowest BCUT2D eigenvalue weighted by Gasteiger charge is -2.13. The first-order valence-electron chi connectivity index (χ1n) is 9.78. The number of aromatic nitrogens is 1. The topological polar surface area (TPSA) is 115 Å². The van der Waals surface area contributed by atoms with Crippen LogP contribution in [0.5, 0.6) is 5.75 Å². The summed E-state index contributed by atoms with van der Waals surface area (Å²) in [7, 11) is 0. The molecule has 1 saturated heterocycles. The van der Waals surface area contributed by atoms with Gasteiger partial charge in [-0.1, -0.05) is 24.3 Å². The molecule has 0 aliphatic carbocycles. The van der Waals surface area contributed by atoms with Crippen LogP contribution in [0.2, 0.25) is 0 Å². The number of carbonyl (C=O) groups is 4. The second kappa shape index (κ2) is 11.7. The number of nitrogens with one attached hydrogen (secondary N) is 1. The van der Waals surface area contributed by atoms with Crippen molar-refractivity contribution in [3.63, 3.8) is 0 Å². The Labute approximate surface area is 188 Å². The van der Waals surface area contributed by atoms with E-state index in [9.17, 15) is 19.2 Å². The van der Waals surface area contributed by atoms with Crippen LogP contribution in [0.3, 0.4) is 0 Å². The molecular weight excluding hydrogens is 434 g/mol. The molecule has 1 aromatic heterocycles. The standard InChI is InChI=1S/C22H21N3O6S/c26-19(15-31-20(27)8-12-30-17-6-2-1-3-7-17)24-10-11-25-21(28)18(32-22(25)29)13-16-5-4-9-23-14-16/h1-7,9,13-14H,8,10-12,15H2,(H,24,26)/b18-13-. The number of hydrogen-bond donors (Lipinski definition) is 1. The van der Waals surface area contributed by atoms with Crippen molar-refractivity contribution in [3.05, 3.63) is 65.3 Å². The number of imide groups is 1. The lowest BCUT2D eigenvalue weighted by molar-refractivity contribution is -0.149. The van der Waals surface area contributed by atoms with E-state index in [2.05, 4.69) is 10.3 Å². The van der Waals surface area contributed by atoms with Gasteiger partial charge in [-0.2, -0.15) is 0 Å². The molecule has 2 aromatic rings. The van der Waals surface area contributed by atoms with Gasteiger partial charge < -0.3 is 14.8 Å². The number of nitrogens with zero attached hydrogens (tertiary/aromatic N) is 2. The summed E-state index contributed by atoms with van der Waals surface area (Å²) in [5.41, 5.74) is 0.710. The zero-order valence-electron chi connectivity index (χ0n) is 17.1. The maximum absolute atomic E-state index is 12.4. The molecule has 3 amide bonds. The highest BCUT2D eigenvalue weighted by Crippen LogP contribution is 2.31. The number of thioether (sulfide) groups is 1. The highest BCUT2D eigenvalue weighted by Gasteiger charge is 2.34. The molecular formula is C22H21N3O6S. The van der Waals surface area contributed by atoms with E-state index in [-0.39, 0.29) is 26.1 Å². The van der Waals surface area contributed by atoms with E-state index >= 15 is 0 Å². The molecule has 10 heteroatoms. The molecule has 0 saturated carbocycles. The molecule has 0 atom stereocenters. The third-order valence-corrected chi connectivity index (χ3v) is 5.10. The van der Waals surface area contributed by atoms with Gasteiger partial charge in [0.2, 0.25) is 0 Å². The van der Waals surface area contributed by atoms with Crippen molar-refractivity contribution < 1.29 is 28.7 Å². The zero-order valence-corrected chi connectivity index (χ0v) is 17.9. The van der Waals surface area contributed by atoms with Gasteiger partial charge >= 0.3 is 5.97 Å². The fourth-order valence-electron chi connectivity index (χ4n) is 2.65. The Bertz CT molecular complexity index is 997. The van der Waals surface area contributed by atoms with Crippen molar-refractivity contribution in [2.45, 2.75) is 6.42 Å². The van der Waals surface area contributed by atoms with Crippen LogP contribution >= 0.6 is 11.8 Å². The Balaban J connectivity index is 1.33. The first-order valence-corrected chi connectivity index (χ1v) is 10.6. The largest absolute Gasteiger partial charge is 0.493 e. The quantitative estimate of drug-likeness (QED) is 0.429. The predicted molar refractivity (Wildman–Crippen MR) is 117 cm³/mol. The van der Waals surface area contributed by atoms with Crippen molar-refractivity contribution in [1.29, 1.82) is 0 Å². The van der Waals surface area contributed by atoms with Crippen molar-refractivity contribution in [3.8, 4) is 5.75 Å². The normalized spacial score (nSPS) is 14.5. The van der Waals surface area contributed by atoms with Gasteiger partial charge in [0.1, 0.15) is 5.75 Å². The molecule has 0 spiro atoms. The van der Waals surface area contributed by atoms with Gasteiger partial charge in [-0.05, 0) is 41.6 Å². The maximum Gasteiger partial charge on any atom is 0.309 e. The van der Waals surface area contributed by atoms with Gasteiger partial charge in [-0.25, -0.2) is 0 Å². The Morgan fingerprint density at radius 1 is 1.12 bits per heavy atom. The second-order valence-electron chi connectivity index (χ2n) is 6.54. The van der Waals surface area contributed by atoms with Gasteiger partial charge in [-0.15, -0.1) is 0 Å². The minimum atomic E-state index is -0.567. The third-order valence-electron chi connectivity index (χ3n) is 4.20. The van der Waals surface area contributed by atoms with E-state index in [1.807, 2.05) is 18.2 Å². The van der Waals surface area contributed by atoms with E-state index in [0.717, 1.165) is 16.7 Å². The smallest absolute Gasteiger partial charge is 0.309 e. The van der Waals surface area contributed by atoms with Gasteiger partial charge in [0.05, 0.1) is 17.9 Å². The average molecular weight is 455 g/mol. The van der Waals surface area contributed by atoms with Crippen molar-refractivity contribution >= 4 is 40.9 Å². The van der Waals surface area contributed by atoms with Gasteiger partial charge in [0.15, 0.2) is 6.61 Å². The van der Waals surface area contributed by atoms with Crippen LogP contribution in [0, 0.1) is 0 Å². The van der Waals surface area contributed by atoms with Crippen LogP contribution in [-0.2, 0) is 19.1 Å². The van der Waals surface area contributed by atoms with E-state index < -0.39 is 29.6 Å². The van der Waals surface area contributed by atoms with E-state index in [1.54, 1.807) is 42.7 Å². The predicted octanol–water partition coefficient (Wildman–Crippen LogP) is 2.25. The van der Waals surface area contributed by atoms with Crippen molar-refractivity contribution in [2.24, 2.45) is 0 Å². The number of para-hydroxylation sites is 1. The number of amides is 3. The van der Waals surface area contributed by atoms with E-state index in [0.29, 0.717) is 16.2 Å². The Morgan fingerprint density at radius 3 is 2.69 bits per heavy atom. The molecule has 2 heterocycles. The molecule has 0 radical (unpaired) electrons. The summed E-state index contributed by atoms with van der Waals surface area (Å²) in [6.07, 6.45) is 4.80. The summed E-state index contributed by atoms with van der Waals surface area (Å²) in [6, 6.07) is 12.5. The fourth-order valence-corrected chi connectivity index (χ4v) is 3.52. The van der Waals surface area contributed by atoms with Crippen LogP contribution in [0.4, 0.5) is 4.79 Å². The van der Waals surface area contributed by atoms with Gasteiger partial charge in [0.25, 0.3) is 17.1 Å². The molecule has 0 unspecified atom stereocenters. The monoisotopic (exact) mass is 455 g/mol. The SMILES string of the molecule is O=C(COC(=O)CCOc1ccccc1)NCCN1C(=O)S/C(=C\c2cccnc2)C1=O. The number of carbonyl (C=O) groups excluding carboxylic acids is 4. The Morgan fingerprint density at radius 2 is 1.94 bits per heavy atom. The first-order chi connectivity index (χ1) is 15.5. The highest BCUT2D eigenvalue weighted by molar-refractivity contribution is 8.18. The van der Waals surface area contributed by atoms with Crippen LogP contribution in [0.1, 0.15) is 12.0 Å². The maximum atomic E-state index is 12.4. The second-order valence-corrected chi connectivity index (χ2v) is 7.54. The summed E-state index contributed by atoms with van der Waals surface area (Å²) in [6.45, 7) is -0.255. The Kier molecular flexibility index (Phi) is 8.38. The van der Waals surface area contributed by atoms with E-state index in [1.165, 1.54) is 0 Å². The number of rotatable bonds is 10.